The van der Waals surface area contributed by atoms with E-state index in [1.165, 1.54) is 28.8 Å². The van der Waals surface area contributed by atoms with E-state index in [2.05, 4.69) is 5.32 Å². The van der Waals surface area contributed by atoms with Crippen LogP contribution in [0.1, 0.15) is 16.7 Å². The van der Waals surface area contributed by atoms with Gasteiger partial charge in [0.1, 0.15) is 5.75 Å². The highest BCUT2D eigenvalue weighted by Gasteiger charge is 2.33. The summed E-state index contributed by atoms with van der Waals surface area (Å²) in [5, 5.41) is 2.39. The molecule has 184 valence electrons. The molecular weight excluding hydrogens is 509 g/mol. The zero-order valence-corrected chi connectivity index (χ0v) is 20.5. The number of thioether (sulfide) groups is 1. The van der Waals surface area contributed by atoms with Crippen LogP contribution in [-0.4, -0.2) is 22.7 Å². The maximum absolute atomic E-state index is 13.0. The number of carbonyl (C=O) groups excluding carboxylic acids is 2. The predicted octanol–water partition coefficient (Wildman–Crippen LogP) is 6.44. The topological polar surface area (TPSA) is 58.6 Å². The van der Waals surface area contributed by atoms with Crippen molar-refractivity contribution in [2.24, 2.45) is 0 Å². The normalized spacial score (nSPS) is 14.9. The first-order valence-electron chi connectivity index (χ1n) is 10.6. The SMILES string of the molecule is Cc1cccc(N2C(=O)/C(=C/c3cccc(OCC(=O)Nc4cccc(C(F)(F)F)c4)c3)SC2=S)c1. The highest BCUT2D eigenvalue weighted by atomic mass is 32.2. The van der Waals surface area contributed by atoms with Crippen LogP contribution in [0.2, 0.25) is 0 Å². The minimum Gasteiger partial charge on any atom is -0.484 e. The molecule has 3 aromatic carbocycles. The van der Waals surface area contributed by atoms with Crippen LogP contribution >= 0.6 is 24.0 Å². The van der Waals surface area contributed by atoms with Crippen LogP contribution in [-0.2, 0) is 15.8 Å². The standard InChI is InChI=1S/C26H19F3N2O3S2/c1-16-5-2-9-20(11-16)31-24(33)22(36-25(31)35)13-17-6-3-10-21(12-17)34-15-23(32)30-19-8-4-7-18(14-19)26(27,28)29/h2-14H,15H2,1H3,(H,30,32)/b22-13-. The fraction of sp³-hybridized carbons (Fsp3) is 0.115. The predicted molar refractivity (Wildman–Crippen MR) is 139 cm³/mol. The fourth-order valence-electron chi connectivity index (χ4n) is 3.42. The summed E-state index contributed by atoms with van der Waals surface area (Å²) in [4.78, 5) is 27.1. The highest BCUT2D eigenvalue weighted by Crippen LogP contribution is 2.36. The molecule has 2 amide bonds. The number of nitrogens with one attached hydrogen (secondary N) is 1. The Balaban J connectivity index is 1.41. The van der Waals surface area contributed by atoms with Crippen molar-refractivity contribution in [2.75, 3.05) is 16.8 Å². The highest BCUT2D eigenvalue weighted by molar-refractivity contribution is 8.27. The zero-order valence-electron chi connectivity index (χ0n) is 18.8. The second-order valence-electron chi connectivity index (χ2n) is 7.84. The number of alkyl halides is 3. The number of thiocarbonyl (C=S) groups is 1. The van der Waals surface area contributed by atoms with Crippen LogP contribution in [0.15, 0.2) is 77.7 Å². The molecular formula is C26H19F3N2O3S2. The summed E-state index contributed by atoms with van der Waals surface area (Å²) in [6.45, 7) is 1.53. The van der Waals surface area contributed by atoms with Gasteiger partial charge in [-0.15, -0.1) is 0 Å². The average Bonchev–Trinajstić information content (AvgIpc) is 3.10. The second kappa shape index (κ2) is 10.5. The first-order valence-corrected chi connectivity index (χ1v) is 11.9. The van der Waals surface area contributed by atoms with Crippen LogP contribution in [0.25, 0.3) is 6.08 Å². The van der Waals surface area contributed by atoms with Crippen molar-refractivity contribution >= 4 is 57.6 Å². The van der Waals surface area contributed by atoms with Crippen LogP contribution in [0.4, 0.5) is 24.5 Å². The number of aryl methyl sites for hydroxylation is 1. The molecule has 0 atom stereocenters. The van der Waals surface area contributed by atoms with Crippen molar-refractivity contribution < 1.29 is 27.5 Å². The maximum atomic E-state index is 13.0. The second-order valence-corrected chi connectivity index (χ2v) is 9.52. The molecule has 0 unspecified atom stereocenters. The monoisotopic (exact) mass is 528 g/mol. The van der Waals surface area contributed by atoms with E-state index >= 15 is 0 Å². The lowest BCUT2D eigenvalue weighted by Gasteiger charge is -2.14. The molecule has 1 heterocycles. The van der Waals surface area contributed by atoms with Gasteiger partial charge >= 0.3 is 6.18 Å². The molecule has 4 rings (SSSR count). The van der Waals surface area contributed by atoms with Gasteiger partial charge in [0.2, 0.25) is 0 Å². The van der Waals surface area contributed by atoms with Gasteiger partial charge in [0.15, 0.2) is 10.9 Å². The molecule has 0 spiro atoms. The van der Waals surface area contributed by atoms with Crippen molar-refractivity contribution in [3.05, 3.63) is 94.4 Å². The Morgan fingerprint density at radius 2 is 1.83 bits per heavy atom. The molecule has 5 nitrogen and oxygen atoms in total. The van der Waals surface area contributed by atoms with Gasteiger partial charge in [-0.25, -0.2) is 0 Å². The molecule has 0 radical (unpaired) electrons. The fourth-order valence-corrected chi connectivity index (χ4v) is 4.72. The molecule has 1 aliphatic rings. The Bertz CT molecular complexity index is 1370. The summed E-state index contributed by atoms with van der Waals surface area (Å²) >= 11 is 6.60. The maximum Gasteiger partial charge on any atom is 0.416 e. The molecule has 36 heavy (non-hydrogen) atoms. The van der Waals surface area contributed by atoms with Gasteiger partial charge in [-0.05, 0) is 66.6 Å². The molecule has 1 aliphatic heterocycles. The van der Waals surface area contributed by atoms with Gasteiger partial charge in [0, 0.05) is 5.69 Å². The number of carbonyl (C=O) groups is 2. The molecule has 0 bridgehead atoms. The van der Waals surface area contributed by atoms with E-state index in [9.17, 15) is 22.8 Å². The largest absolute Gasteiger partial charge is 0.484 e. The summed E-state index contributed by atoms with van der Waals surface area (Å²) in [7, 11) is 0. The molecule has 1 saturated heterocycles. The third-order valence-corrected chi connectivity index (χ3v) is 6.36. The number of anilines is 2. The molecule has 10 heteroatoms. The van der Waals surface area contributed by atoms with Crippen molar-refractivity contribution in [2.45, 2.75) is 13.1 Å². The molecule has 0 saturated carbocycles. The van der Waals surface area contributed by atoms with Gasteiger partial charge < -0.3 is 10.1 Å². The number of hydrogen-bond donors (Lipinski definition) is 1. The third-order valence-electron chi connectivity index (χ3n) is 5.05. The third kappa shape index (κ3) is 6.13. The van der Waals surface area contributed by atoms with E-state index in [0.717, 1.165) is 17.7 Å². The van der Waals surface area contributed by atoms with Crippen LogP contribution in [0, 0.1) is 6.92 Å². The summed E-state index contributed by atoms with van der Waals surface area (Å²) < 4.78 is 44.5. The smallest absolute Gasteiger partial charge is 0.416 e. The van der Waals surface area contributed by atoms with Crippen LogP contribution in [0.5, 0.6) is 5.75 Å². The van der Waals surface area contributed by atoms with Crippen molar-refractivity contribution in [3.8, 4) is 5.75 Å². The summed E-state index contributed by atoms with van der Waals surface area (Å²) in [6.07, 6.45) is -2.82. The lowest BCUT2D eigenvalue weighted by Crippen LogP contribution is -2.27. The van der Waals surface area contributed by atoms with E-state index in [-0.39, 0.29) is 11.6 Å². The number of halogens is 3. The average molecular weight is 529 g/mol. The van der Waals surface area contributed by atoms with E-state index in [1.807, 2.05) is 31.2 Å². The Hall–Kier alpha value is -3.63. The van der Waals surface area contributed by atoms with Gasteiger partial charge in [-0.2, -0.15) is 13.2 Å². The Labute approximate surface area is 214 Å². The summed E-state index contributed by atoms with van der Waals surface area (Å²) in [5.41, 5.74) is 1.53. The van der Waals surface area contributed by atoms with E-state index in [0.29, 0.717) is 26.2 Å². The number of amides is 2. The molecule has 3 aromatic rings. The Morgan fingerprint density at radius 1 is 1.08 bits per heavy atom. The van der Waals surface area contributed by atoms with Crippen molar-refractivity contribution in [3.63, 3.8) is 0 Å². The Kier molecular flexibility index (Phi) is 7.46. The molecule has 0 aliphatic carbocycles. The molecule has 1 fully saturated rings. The van der Waals surface area contributed by atoms with E-state index in [1.54, 1.807) is 30.3 Å². The number of ether oxygens (including phenoxy) is 1. The van der Waals surface area contributed by atoms with E-state index in [4.69, 9.17) is 17.0 Å². The van der Waals surface area contributed by atoms with Gasteiger partial charge in [0.05, 0.1) is 16.2 Å². The lowest BCUT2D eigenvalue weighted by atomic mass is 10.2. The Morgan fingerprint density at radius 3 is 2.58 bits per heavy atom. The van der Waals surface area contributed by atoms with Gasteiger partial charge in [-0.3, -0.25) is 14.5 Å². The lowest BCUT2D eigenvalue weighted by molar-refractivity contribution is -0.137. The molecule has 0 aromatic heterocycles. The van der Waals surface area contributed by atoms with Crippen LogP contribution in [0.3, 0.4) is 0 Å². The number of benzene rings is 3. The first kappa shape index (κ1) is 25.5. The summed E-state index contributed by atoms with van der Waals surface area (Å²) in [5.74, 6) is -0.488. The zero-order chi connectivity index (χ0) is 25.9. The minimum atomic E-state index is -4.51. The van der Waals surface area contributed by atoms with Crippen molar-refractivity contribution in [1.82, 2.24) is 0 Å². The number of hydrogen-bond acceptors (Lipinski definition) is 5. The number of rotatable bonds is 6. The quantitative estimate of drug-likeness (QED) is 0.295. The first-order chi connectivity index (χ1) is 17.1. The van der Waals surface area contributed by atoms with Crippen LogP contribution < -0.4 is 15.0 Å². The minimum absolute atomic E-state index is 0.0165. The molecule has 1 N–H and O–H groups in total. The number of nitrogens with zero attached hydrogens (tertiary/aromatic N) is 1. The van der Waals surface area contributed by atoms with E-state index < -0.39 is 24.3 Å². The van der Waals surface area contributed by atoms with Crippen molar-refractivity contribution in [1.29, 1.82) is 0 Å². The summed E-state index contributed by atoms with van der Waals surface area (Å²) in [6, 6.07) is 18.6. The van der Waals surface area contributed by atoms with Gasteiger partial charge in [0.25, 0.3) is 11.8 Å². The van der Waals surface area contributed by atoms with Gasteiger partial charge in [-0.1, -0.05) is 54.3 Å².